The third-order valence-corrected chi connectivity index (χ3v) is 9.99. The SMILES string of the molecule is C=CC(=O)N1Cc2cc(-c3nc(-c4ccc5c(c4)CCN(C)C5)c4ccsc4c3-c3c(F)cc(F)cc3OC(CF)CF)nn2C[C@H]1C. The zero-order valence-electron chi connectivity index (χ0n) is 26.5. The molecule has 48 heavy (non-hydrogen) atoms. The molecule has 2 aromatic carbocycles. The number of aromatic nitrogens is 3. The van der Waals surface area contributed by atoms with Gasteiger partial charge in [0.15, 0.2) is 6.10 Å². The first-order valence-corrected chi connectivity index (χ1v) is 16.6. The summed E-state index contributed by atoms with van der Waals surface area (Å²) in [4.78, 5) is 21.7. The number of halogens is 4. The molecule has 2 aliphatic rings. The lowest BCUT2D eigenvalue weighted by molar-refractivity contribution is -0.129. The van der Waals surface area contributed by atoms with E-state index in [4.69, 9.17) is 14.8 Å². The highest BCUT2D eigenvalue weighted by molar-refractivity contribution is 7.18. The molecule has 0 aliphatic carbocycles. The molecule has 7 rings (SSSR count). The first-order chi connectivity index (χ1) is 23.2. The van der Waals surface area contributed by atoms with Gasteiger partial charge in [0.05, 0.1) is 30.0 Å². The number of nitrogens with zero attached hydrogens (tertiary/aromatic N) is 5. The van der Waals surface area contributed by atoms with Crippen molar-refractivity contribution in [2.45, 2.75) is 45.1 Å². The number of amides is 1. The highest BCUT2D eigenvalue weighted by Crippen LogP contribution is 2.47. The highest BCUT2D eigenvalue weighted by atomic mass is 32.1. The first kappa shape index (κ1) is 32.0. The third kappa shape index (κ3) is 5.66. The van der Waals surface area contributed by atoms with Crippen LogP contribution in [0.3, 0.4) is 0 Å². The maximum Gasteiger partial charge on any atom is 0.246 e. The van der Waals surface area contributed by atoms with Gasteiger partial charge in [-0.15, -0.1) is 11.3 Å². The molecule has 0 N–H and O–H groups in total. The fraction of sp³-hybridized carbons (Fsp3) is 0.306. The number of carbonyl (C=O) groups excluding carboxylic acids is 1. The Hall–Kier alpha value is -4.55. The van der Waals surface area contributed by atoms with E-state index in [1.165, 1.54) is 28.5 Å². The van der Waals surface area contributed by atoms with Gasteiger partial charge in [-0.1, -0.05) is 18.7 Å². The molecule has 12 heteroatoms. The second-order valence-electron chi connectivity index (χ2n) is 12.4. The summed E-state index contributed by atoms with van der Waals surface area (Å²) in [7, 11) is 2.09. The van der Waals surface area contributed by atoms with Gasteiger partial charge in [-0.3, -0.25) is 9.48 Å². The summed E-state index contributed by atoms with van der Waals surface area (Å²) in [5.74, 6) is -2.46. The fourth-order valence-corrected chi connectivity index (χ4v) is 7.57. The predicted octanol–water partition coefficient (Wildman–Crippen LogP) is 7.36. The van der Waals surface area contributed by atoms with Crippen LogP contribution in [-0.4, -0.2) is 69.6 Å². The van der Waals surface area contributed by atoms with Crippen LogP contribution in [0, 0.1) is 11.6 Å². The van der Waals surface area contributed by atoms with E-state index in [-0.39, 0.29) is 35.4 Å². The van der Waals surface area contributed by atoms with Crippen molar-refractivity contribution < 1.29 is 27.1 Å². The lowest BCUT2D eigenvalue weighted by Crippen LogP contribution is -2.44. The molecule has 5 aromatic rings. The van der Waals surface area contributed by atoms with E-state index in [0.29, 0.717) is 28.3 Å². The molecule has 1 atom stereocenters. The lowest BCUT2D eigenvalue weighted by atomic mass is 9.93. The van der Waals surface area contributed by atoms with Gasteiger partial charge in [-0.2, -0.15) is 5.10 Å². The van der Waals surface area contributed by atoms with Gasteiger partial charge in [-0.05, 0) is 61.2 Å². The number of benzene rings is 2. The van der Waals surface area contributed by atoms with Gasteiger partial charge < -0.3 is 14.5 Å². The molecular weight excluding hydrogens is 642 g/mol. The summed E-state index contributed by atoms with van der Waals surface area (Å²) < 4.78 is 66.1. The number of rotatable bonds is 8. The van der Waals surface area contributed by atoms with E-state index in [1.807, 2.05) is 24.4 Å². The fourth-order valence-electron chi connectivity index (χ4n) is 6.62. The largest absolute Gasteiger partial charge is 0.484 e. The summed E-state index contributed by atoms with van der Waals surface area (Å²) in [6.45, 7) is 5.62. The van der Waals surface area contributed by atoms with E-state index in [0.717, 1.165) is 48.3 Å². The molecule has 0 saturated heterocycles. The van der Waals surface area contributed by atoms with Crippen molar-refractivity contribution >= 4 is 27.3 Å². The van der Waals surface area contributed by atoms with Crippen LogP contribution in [0.25, 0.3) is 43.9 Å². The molecule has 0 saturated carbocycles. The van der Waals surface area contributed by atoms with Crippen molar-refractivity contribution in [3.8, 4) is 39.5 Å². The van der Waals surface area contributed by atoms with Crippen molar-refractivity contribution in [2.24, 2.45) is 0 Å². The smallest absolute Gasteiger partial charge is 0.246 e. The average molecular weight is 676 g/mol. The highest BCUT2D eigenvalue weighted by Gasteiger charge is 2.31. The molecule has 0 unspecified atom stereocenters. The van der Waals surface area contributed by atoms with E-state index in [9.17, 15) is 18.0 Å². The Kier molecular flexibility index (Phi) is 8.55. The maximum atomic E-state index is 16.1. The Bertz CT molecular complexity index is 2060. The molecule has 1 amide bonds. The molecule has 0 fully saturated rings. The number of pyridine rings is 1. The second-order valence-corrected chi connectivity index (χ2v) is 13.3. The molecule has 5 heterocycles. The van der Waals surface area contributed by atoms with Crippen LogP contribution in [0.4, 0.5) is 17.6 Å². The van der Waals surface area contributed by atoms with E-state index < -0.39 is 31.1 Å². The number of likely N-dealkylation sites (N-methyl/N-ethyl adjacent to an activating group) is 1. The van der Waals surface area contributed by atoms with Crippen LogP contribution < -0.4 is 4.74 Å². The summed E-state index contributed by atoms with van der Waals surface area (Å²) >= 11 is 1.34. The molecular formula is C36H33F4N5O2S. The Labute approximate surface area is 279 Å². The van der Waals surface area contributed by atoms with Gasteiger partial charge in [0.1, 0.15) is 42.1 Å². The van der Waals surface area contributed by atoms with E-state index >= 15 is 4.39 Å². The molecule has 0 spiro atoms. The van der Waals surface area contributed by atoms with Crippen molar-refractivity contribution in [1.29, 1.82) is 0 Å². The zero-order chi connectivity index (χ0) is 33.7. The Morgan fingerprint density at radius 2 is 1.90 bits per heavy atom. The minimum Gasteiger partial charge on any atom is -0.484 e. The number of hydrogen-bond acceptors (Lipinski definition) is 6. The minimum absolute atomic E-state index is 0.166. The predicted molar refractivity (Wildman–Crippen MR) is 178 cm³/mol. The number of carbonyl (C=O) groups is 1. The molecule has 2 aliphatic heterocycles. The number of alkyl halides is 2. The second kappa shape index (κ2) is 12.8. The summed E-state index contributed by atoms with van der Waals surface area (Å²) in [5, 5.41) is 7.48. The van der Waals surface area contributed by atoms with Crippen molar-refractivity contribution in [3.63, 3.8) is 0 Å². The van der Waals surface area contributed by atoms with Crippen LogP contribution >= 0.6 is 11.3 Å². The number of ether oxygens (including phenoxy) is 1. The maximum absolute atomic E-state index is 16.1. The Morgan fingerprint density at radius 3 is 2.67 bits per heavy atom. The van der Waals surface area contributed by atoms with Gasteiger partial charge in [-0.25, -0.2) is 22.5 Å². The van der Waals surface area contributed by atoms with Crippen molar-refractivity contribution in [1.82, 2.24) is 24.6 Å². The molecule has 3 aromatic heterocycles. The van der Waals surface area contributed by atoms with Crippen LogP contribution in [0.5, 0.6) is 5.75 Å². The standard InChI is InChI=1S/C36H33F4N5O2S/c1-4-31(46)44-19-25-14-29(42-45(25)17-20(44)2)35-33(32-28(40)12-24(39)13-30(32)47-26(15-37)16-38)36-27(8-10-48-36)34(41-35)22-5-6-23-18-43(3)9-7-21(23)11-22/h4-6,8,10-14,20,26H,1,7,9,15-19H2,2-3H3/t20-/m1/s1. The minimum atomic E-state index is -1.55. The monoisotopic (exact) mass is 675 g/mol. The van der Waals surface area contributed by atoms with Crippen LogP contribution in [0.2, 0.25) is 0 Å². The molecule has 7 nitrogen and oxygen atoms in total. The van der Waals surface area contributed by atoms with Crippen LogP contribution in [0.15, 0.2) is 60.5 Å². The molecule has 0 bridgehead atoms. The Morgan fingerprint density at radius 1 is 1.08 bits per heavy atom. The summed E-state index contributed by atoms with van der Waals surface area (Å²) in [5.41, 5.74) is 5.54. The Balaban J connectivity index is 1.48. The van der Waals surface area contributed by atoms with Gasteiger partial charge in [0, 0.05) is 52.5 Å². The van der Waals surface area contributed by atoms with E-state index in [2.05, 4.69) is 30.7 Å². The first-order valence-electron chi connectivity index (χ1n) is 15.7. The summed E-state index contributed by atoms with van der Waals surface area (Å²) in [6, 6.07) is 11.5. The topological polar surface area (TPSA) is 63.5 Å². The quantitative estimate of drug-likeness (QED) is 0.127. The zero-order valence-corrected chi connectivity index (χ0v) is 27.3. The van der Waals surface area contributed by atoms with Gasteiger partial charge in [0.2, 0.25) is 5.91 Å². The molecule has 0 radical (unpaired) electrons. The van der Waals surface area contributed by atoms with Crippen molar-refractivity contribution in [2.75, 3.05) is 26.9 Å². The number of hydrogen-bond donors (Lipinski definition) is 0. The lowest BCUT2D eigenvalue weighted by Gasteiger charge is -2.33. The van der Waals surface area contributed by atoms with E-state index in [1.54, 1.807) is 15.6 Å². The third-order valence-electron chi connectivity index (χ3n) is 9.06. The van der Waals surface area contributed by atoms with Gasteiger partial charge >= 0.3 is 0 Å². The van der Waals surface area contributed by atoms with Crippen LogP contribution in [0.1, 0.15) is 23.7 Å². The van der Waals surface area contributed by atoms with Crippen LogP contribution in [-0.2, 0) is 30.8 Å². The van der Waals surface area contributed by atoms with Crippen molar-refractivity contribution in [3.05, 3.63) is 89.0 Å². The average Bonchev–Trinajstić information content (AvgIpc) is 3.73. The number of thiophene rings is 1. The van der Waals surface area contributed by atoms with Gasteiger partial charge in [0.25, 0.3) is 0 Å². The summed E-state index contributed by atoms with van der Waals surface area (Å²) in [6.07, 6.45) is 0.607. The molecule has 248 valence electrons. The normalized spacial score (nSPS) is 16.3. The number of fused-ring (bicyclic) bond motifs is 3.